The van der Waals surface area contributed by atoms with Crippen molar-refractivity contribution in [1.29, 1.82) is 0 Å². The van der Waals surface area contributed by atoms with Crippen LogP contribution < -0.4 is 10.9 Å². The van der Waals surface area contributed by atoms with Crippen molar-refractivity contribution in [2.24, 2.45) is 0 Å². The SMILES string of the molecule is Cc1nc2c(cnn2C(C)(C)C)c(=O)n1CCC(=O)Nc1cccc(C(F)(F)F)c1. The van der Waals surface area contributed by atoms with E-state index in [0.717, 1.165) is 12.1 Å². The normalized spacial score (nSPS) is 12.4. The number of anilines is 1. The second-order valence-electron chi connectivity index (χ2n) is 7.96. The van der Waals surface area contributed by atoms with E-state index < -0.39 is 17.6 Å². The zero-order valence-electron chi connectivity index (χ0n) is 17.0. The lowest BCUT2D eigenvalue weighted by Crippen LogP contribution is -2.28. The highest BCUT2D eigenvalue weighted by Gasteiger charge is 2.30. The minimum atomic E-state index is -4.50. The highest BCUT2D eigenvalue weighted by molar-refractivity contribution is 5.90. The van der Waals surface area contributed by atoms with E-state index in [1.807, 2.05) is 20.8 Å². The number of fused-ring (bicyclic) bond motifs is 1. The third-order valence-electron chi connectivity index (χ3n) is 4.55. The molecule has 0 saturated carbocycles. The van der Waals surface area contributed by atoms with Gasteiger partial charge in [-0.15, -0.1) is 0 Å². The Balaban J connectivity index is 1.78. The number of aromatic nitrogens is 4. The van der Waals surface area contributed by atoms with Gasteiger partial charge in [-0.3, -0.25) is 14.2 Å². The first-order valence-corrected chi connectivity index (χ1v) is 9.30. The van der Waals surface area contributed by atoms with Gasteiger partial charge in [0.2, 0.25) is 5.91 Å². The van der Waals surface area contributed by atoms with Gasteiger partial charge < -0.3 is 5.32 Å². The van der Waals surface area contributed by atoms with Gasteiger partial charge in [0.15, 0.2) is 5.65 Å². The van der Waals surface area contributed by atoms with Gasteiger partial charge in [-0.05, 0) is 45.9 Å². The summed E-state index contributed by atoms with van der Waals surface area (Å²) < 4.78 is 41.4. The van der Waals surface area contributed by atoms with Crippen LogP contribution in [0.1, 0.15) is 38.6 Å². The second kappa shape index (κ2) is 7.58. The molecule has 30 heavy (non-hydrogen) atoms. The Morgan fingerprint density at radius 2 is 1.90 bits per heavy atom. The molecule has 160 valence electrons. The number of carbonyl (C=O) groups is 1. The number of alkyl halides is 3. The number of nitrogens with zero attached hydrogens (tertiary/aromatic N) is 4. The maximum absolute atomic E-state index is 12.8. The Bertz CT molecular complexity index is 1160. The van der Waals surface area contributed by atoms with E-state index in [9.17, 15) is 22.8 Å². The Hall–Kier alpha value is -3.17. The van der Waals surface area contributed by atoms with Crippen molar-refractivity contribution in [3.63, 3.8) is 0 Å². The van der Waals surface area contributed by atoms with Gasteiger partial charge in [0.25, 0.3) is 5.56 Å². The predicted octanol–water partition coefficient (Wildman–Crippen LogP) is 3.70. The topological polar surface area (TPSA) is 81.8 Å². The molecule has 7 nitrogen and oxygen atoms in total. The van der Waals surface area contributed by atoms with Crippen molar-refractivity contribution in [3.05, 3.63) is 52.2 Å². The maximum Gasteiger partial charge on any atom is 0.416 e. The van der Waals surface area contributed by atoms with Crippen molar-refractivity contribution >= 4 is 22.6 Å². The quantitative estimate of drug-likeness (QED) is 0.696. The fraction of sp³-hybridized carbons (Fsp3) is 0.400. The monoisotopic (exact) mass is 421 g/mol. The molecule has 2 aromatic heterocycles. The van der Waals surface area contributed by atoms with Gasteiger partial charge in [-0.25, -0.2) is 9.67 Å². The smallest absolute Gasteiger partial charge is 0.326 e. The van der Waals surface area contributed by atoms with E-state index in [-0.39, 0.29) is 29.8 Å². The lowest BCUT2D eigenvalue weighted by molar-refractivity contribution is -0.137. The Labute approximate surface area is 170 Å². The third kappa shape index (κ3) is 4.37. The molecule has 0 aliphatic carbocycles. The summed E-state index contributed by atoms with van der Waals surface area (Å²) in [4.78, 5) is 29.5. The molecule has 0 radical (unpaired) electrons. The van der Waals surface area contributed by atoms with E-state index in [4.69, 9.17) is 0 Å². The highest BCUT2D eigenvalue weighted by Crippen LogP contribution is 2.30. The summed E-state index contributed by atoms with van der Waals surface area (Å²) >= 11 is 0. The molecule has 2 heterocycles. The first-order chi connectivity index (χ1) is 13.9. The maximum atomic E-state index is 12.8. The predicted molar refractivity (Wildman–Crippen MR) is 106 cm³/mol. The highest BCUT2D eigenvalue weighted by atomic mass is 19.4. The lowest BCUT2D eigenvalue weighted by Gasteiger charge is -2.20. The van der Waals surface area contributed by atoms with Crippen molar-refractivity contribution in [3.8, 4) is 0 Å². The van der Waals surface area contributed by atoms with E-state index in [1.54, 1.807) is 11.6 Å². The number of nitrogens with one attached hydrogen (secondary N) is 1. The van der Waals surface area contributed by atoms with Crippen LogP contribution in [0.4, 0.5) is 18.9 Å². The number of rotatable bonds is 4. The summed E-state index contributed by atoms with van der Waals surface area (Å²) in [6.07, 6.45) is -3.14. The number of halogens is 3. The molecule has 1 amide bonds. The zero-order valence-corrected chi connectivity index (χ0v) is 17.0. The van der Waals surface area contributed by atoms with Gasteiger partial charge in [0.1, 0.15) is 11.2 Å². The summed E-state index contributed by atoms with van der Waals surface area (Å²) in [7, 11) is 0. The summed E-state index contributed by atoms with van der Waals surface area (Å²) in [5, 5.41) is 7.03. The van der Waals surface area contributed by atoms with Crippen LogP contribution in [0, 0.1) is 6.92 Å². The Kier molecular flexibility index (Phi) is 5.44. The Morgan fingerprint density at radius 1 is 1.20 bits per heavy atom. The number of hydrogen-bond acceptors (Lipinski definition) is 4. The van der Waals surface area contributed by atoms with Crippen LogP contribution in [0.5, 0.6) is 0 Å². The average Bonchev–Trinajstić information content (AvgIpc) is 3.05. The second-order valence-corrected chi connectivity index (χ2v) is 7.96. The minimum Gasteiger partial charge on any atom is -0.326 e. The van der Waals surface area contributed by atoms with Gasteiger partial charge in [-0.1, -0.05) is 6.07 Å². The van der Waals surface area contributed by atoms with Crippen LogP contribution in [0.25, 0.3) is 11.0 Å². The molecule has 0 fully saturated rings. The first-order valence-electron chi connectivity index (χ1n) is 9.30. The molecule has 0 unspecified atom stereocenters. The zero-order chi connectivity index (χ0) is 22.3. The molecule has 0 bridgehead atoms. The van der Waals surface area contributed by atoms with Gasteiger partial charge in [-0.2, -0.15) is 18.3 Å². The minimum absolute atomic E-state index is 0.0407. The van der Waals surface area contributed by atoms with Crippen LogP contribution in [0.3, 0.4) is 0 Å². The van der Waals surface area contributed by atoms with Gasteiger partial charge in [0, 0.05) is 18.7 Å². The average molecular weight is 421 g/mol. The van der Waals surface area contributed by atoms with E-state index in [1.165, 1.54) is 22.9 Å². The molecule has 0 atom stereocenters. The van der Waals surface area contributed by atoms with Crippen LogP contribution in [0.15, 0.2) is 35.3 Å². The van der Waals surface area contributed by atoms with Crippen LogP contribution in [0.2, 0.25) is 0 Å². The molecule has 1 N–H and O–H groups in total. The van der Waals surface area contributed by atoms with Crippen LogP contribution in [-0.4, -0.2) is 25.2 Å². The molecule has 0 saturated heterocycles. The number of carbonyl (C=O) groups excluding carboxylic acids is 1. The fourth-order valence-corrected chi connectivity index (χ4v) is 3.07. The molecular formula is C20H22F3N5O2. The van der Waals surface area contributed by atoms with Gasteiger partial charge >= 0.3 is 6.18 Å². The van der Waals surface area contributed by atoms with E-state index in [2.05, 4.69) is 15.4 Å². The number of benzene rings is 1. The summed E-state index contributed by atoms with van der Waals surface area (Å²) in [5.74, 6) is -0.0866. The molecule has 0 spiro atoms. The number of amides is 1. The Morgan fingerprint density at radius 3 is 2.53 bits per heavy atom. The first kappa shape index (κ1) is 21.5. The van der Waals surface area contributed by atoms with Crippen LogP contribution in [-0.2, 0) is 23.1 Å². The number of hydrogen-bond donors (Lipinski definition) is 1. The molecular weight excluding hydrogens is 399 g/mol. The van der Waals surface area contributed by atoms with E-state index >= 15 is 0 Å². The molecule has 1 aromatic carbocycles. The third-order valence-corrected chi connectivity index (χ3v) is 4.55. The molecule has 0 aliphatic rings. The van der Waals surface area contributed by atoms with Crippen molar-refractivity contribution in [2.45, 2.75) is 52.4 Å². The fourth-order valence-electron chi connectivity index (χ4n) is 3.07. The summed E-state index contributed by atoms with van der Waals surface area (Å²) in [5.41, 5.74) is -1.02. The van der Waals surface area contributed by atoms with Gasteiger partial charge in [0.05, 0.1) is 17.3 Å². The lowest BCUT2D eigenvalue weighted by atomic mass is 10.1. The molecule has 3 aromatic rings. The molecule has 10 heteroatoms. The van der Waals surface area contributed by atoms with E-state index in [0.29, 0.717) is 16.9 Å². The van der Waals surface area contributed by atoms with Crippen molar-refractivity contribution in [2.75, 3.05) is 5.32 Å². The standard InChI is InChI=1S/C20H22F3N5O2/c1-12-25-17-15(11-24-28(17)19(2,3)4)18(30)27(12)9-8-16(29)26-14-7-5-6-13(10-14)20(21,22)23/h5-7,10-11H,8-9H2,1-4H3,(H,26,29). The summed E-state index contributed by atoms with van der Waals surface area (Å²) in [6.45, 7) is 7.53. The van der Waals surface area contributed by atoms with Crippen LogP contribution >= 0.6 is 0 Å². The molecule has 3 rings (SSSR count). The number of aryl methyl sites for hydroxylation is 1. The van der Waals surface area contributed by atoms with Crippen molar-refractivity contribution < 1.29 is 18.0 Å². The largest absolute Gasteiger partial charge is 0.416 e. The van der Waals surface area contributed by atoms with Crippen molar-refractivity contribution in [1.82, 2.24) is 19.3 Å². The summed E-state index contributed by atoms with van der Waals surface area (Å²) in [6, 6.07) is 4.39. The molecule has 0 aliphatic heterocycles.